The minimum absolute atomic E-state index is 0.0395. The van der Waals surface area contributed by atoms with Crippen LogP contribution in [-0.2, 0) is 17.8 Å². The molecule has 160 valence electrons. The fraction of sp³-hybridized carbons (Fsp3) is 0.304. The second-order valence-electron chi connectivity index (χ2n) is 7.61. The third kappa shape index (κ3) is 5.62. The van der Waals surface area contributed by atoms with Crippen LogP contribution in [0.2, 0.25) is 5.02 Å². The van der Waals surface area contributed by atoms with Gasteiger partial charge < -0.3 is 10.6 Å². The van der Waals surface area contributed by atoms with Crippen molar-refractivity contribution in [2.24, 2.45) is 5.92 Å². The average molecular weight is 440 g/mol. The first-order valence-corrected chi connectivity index (χ1v) is 10.6. The number of rotatable bonds is 7. The van der Waals surface area contributed by atoms with Crippen LogP contribution >= 0.6 is 11.6 Å². The molecule has 1 atom stereocenters. The van der Waals surface area contributed by atoms with Crippen molar-refractivity contribution in [3.05, 3.63) is 71.0 Å². The van der Waals surface area contributed by atoms with Gasteiger partial charge in [-0.2, -0.15) is 0 Å². The van der Waals surface area contributed by atoms with Gasteiger partial charge in [-0.3, -0.25) is 14.8 Å². The number of anilines is 1. The highest BCUT2D eigenvalue weighted by Gasteiger charge is 2.21. The van der Waals surface area contributed by atoms with E-state index in [9.17, 15) is 9.18 Å². The van der Waals surface area contributed by atoms with E-state index in [2.05, 4.69) is 25.6 Å². The van der Waals surface area contributed by atoms with Crippen LogP contribution in [0.4, 0.5) is 10.2 Å². The van der Waals surface area contributed by atoms with Crippen molar-refractivity contribution in [3.8, 4) is 11.3 Å². The summed E-state index contributed by atoms with van der Waals surface area (Å²) in [5.74, 6) is 0.480. The van der Waals surface area contributed by atoms with Crippen LogP contribution in [0.15, 0.2) is 48.9 Å². The lowest BCUT2D eigenvalue weighted by atomic mass is 9.92. The number of carbonyl (C=O) groups excluding carboxylic acids is 1. The van der Waals surface area contributed by atoms with E-state index < -0.39 is 0 Å². The Labute approximate surface area is 185 Å². The van der Waals surface area contributed by atoms with Crippen molar-refractivity contribution >= 4 is 23.2 Å². The molecular formula is C23H23ClFN5O. The molecular weight excluding hydrogens is 417 g/mol. The van der Waals surface area contributed by atoms with Gasteiger partial charge in [0, 0.05) is 49.1 Å². The summed E-state index contributed by atoms with van der Waals surface area (Å²) in [5.41, 5.74) is 2.79. The molecule has 6 nitrogen and oxygen atoms in total. The topological polar surface area (TPSA) is 79.8 Å². The molecule has 1 aliphatic heterocycles. The first kappa shape index (κ1) is 21.3. The summed E-state index contributed by atoms with van der Waals surface area (Å²) in [6.07, 6.45) is 6.55. The van der Waals surface area contributed by atoms with E-state index in [0.29, 0.717) is 34.3 Å². The van der Waals surface area contributed by atoms with Gasteiger partial charge in [-0.25, -0.2) is 9.37 Å². The number of hydrogen-bond acceptors (Lipinski definition) is 6. The molecule has 0 aliphatic carbocycles. The molecule has 1 saturated heterocycles. The molecule has 0 bridgehead atoms. The number of pyridine rings is 3. The van der Waals surface area contributed by atoms with Crippen LogP contribution in [0.1, 0.15) is 24.1 Å². The highest BCUT2D eigenvalue weighted by Crippen LogP contribution is 2.28. The van der Waals surface area contributed by atoms with E-state index in [-0.39, 0.29) is 23.9 Å². The number of Topliss-reactive ketones (excluding diaryl/α,β-unsaturated/α-hetero) is 1. The Hall–Kier alpha value is -2.90. The molecule has 1 fully saturated rings. The monoisotopic (exact) mass is 439 g/mol. The maximum Gasteiger partial charge on any atom is 0.143 e. The summed E-state index contributed by atoms with van der Waals surface area (Å²) in [6.45, 7) is 2.09. The molecule has 3 aromatic heterocycles. The molecule has 8 heteroatoms. The lowest BCUT2D eigenvalue weighted by Crippen LogP contribution is -2.35. The van der Waals surface area contributed by atoms with Crippen molar-refractivity contribution in [1.82, 2.24) is 20.3 Å². The molecule has 1 aliphatic rings. The maximum absolute atomic E-state index is 13.3. The molecule has 4 heterocycles. The van der Waals surface area contributed by atoms with Gasteiger partial charge in [-0.15, -0.1) is 0 Å². The molecule has 0 saturated carbocycles. The molecule has 31 heavy (non-hydrogen) atoms. The molecule has 2 N–H and O–H groups in total. The quantitative estimate of drug-likeness (QED) is 0.578. The van der Waals surface area contributed by atoms with Crippen LogP contribution in [0, 0.1) is 11.7 Å². The fourth-order valence-electron chi connectivity index (χ4n) is 3.65. The van der Waals surface area contributed by atoms with E-state index in [1.165, 1.54) is 12.3 Å². The zero-order valence-electron chi connectivity index (χ0n) is 16.9. The number of nitrogens with zero attached hydrogens (tertiary/aromatic N) is 3. The van der Waals surface area contributed by atoms with Crippen molar-refractivity contribution in [2.45, 2.75) is 25.8 Å². The number of piperidine rings is 1. The van der Waals surface area contributed by atoms with E-state index in [0.717, 1.165) is 31.5 Å². The van der Waals surface area contributed by atoms with E-state index in [1.807, 2.05) is 24.3 Å². The highest BCUT2D eigenvalue weighted by molar-refractivity contribution is 6.33. The summed E-state index contributed by atoms with van der Waals surface area (Å²) >= 11 is 6.39. The molecule has 0 amide bonds. The Morgan fingerprint density at radius 1 is 1.26 bits per heavy atom. The second kappa shape index (κ2) is 9.94. The summed E-state index contributed by atoms with van der Waals surface area (Å²) in [6, 6.07) is 8.80. The van der Waals surface area contributed by atoms with Crippen LogP contribution in [0.3, 0.4) is 0 Å². The minimum atomic E-state index is -0.379. The molecule has 0 aromatic carbocycles. The number of aromatic nitrogens is 3. The van der Waals surface area contributed by atoms with Gasteiger partial charge in [-0.1, -0.05) is 17.7 Å². The van der Waals surface area contributed by atoms with Gasteiger partial charge >= 0.3 is 0 Å². The Morgan fingerprint density at radius 3 is 2.97 bits per heavy atom. The third-order valence-corrected chi connectivity index (χ3v) is 5.58. The van der Waals surface area contributed by atoms with Gasteiger partial charge in [0.05, 0.1) is 16.9 Å². The fourth-order valence-corrected chi connectivity index (χ4v) is 3.85. The van der Waals surface area contributed by atoms with E-state index in [4.69, 9.17) is 11.6 Å². The van der Waals surface area contributed by atoms with Crippen molar-refractivity contribution < 1.29 is 9.18 Å². The lowest BCUT2D eigenvalue weighted by Gasteiger charge is -2.21. The first-order chi connectivity index (χ1) is 15.1. The highest BCUT2D eigenvalue weighted by atomic mass is 35.5. The van der Waals surface area contributed by atoms with Gasteiger partial charge in [0.25, 0.3) is 0 Å². The third-order valence-electron chi connectivity index (χ3n) is 5.28. The maximum atomic E-state index is 13.3. The van der Waals surface area contributed by atoms with Crippen LogP contribution in [-0.4, -0.2) is 33.8 Å². The largest absolute Gasteiger partial charge is 0.366 e. The second-order valence-corrected chi connectivity index (χ2v) is 8.02. The Bertz CT molecular complexity index is 1070. The zero-order chi connectivity index (χ0) is 21.6. The predicted octanol–water partition coefficient (Wildman–Crippen LogP) is 4.05. The minimum Gasteiger partial charge on any atom is -0.366 e. The number of halogens is 2. The van der Waals surface area contributed by atoms with E-state index in [1.54, 1.807) is 12.4 Å². The lowest BCUT2D eigenvalue weighted by molar-refractivity contribution is -0.122. The molecule has 0 radical (unpaired) electrons. The van der Waals surface area contributed by atoms with E-state index >= 15 is 0 Å². The average Bonchev–Trinajstić information content (AvgIpc) is 2.80. The smallest absolute Gasteiger partial charge is 0.143 e. The van der Waals surface area contributed by atoms with Gasteiger partial charge in [0.2, 0.25) is 0 Å². The van der Waals surface area contributed by atoms with Crippen molar-refractivity contribution in [2.75, 3.05) is 18.4 Å². The molecule has 4 rings (SSSR count). The molecule has 3 aromatic rings. The number of carbonyl (C=O) groups is 1. The van der Waals surface area contributed by atoms with Crippen LogP contribution < -0.4 is 10.6 Å². The predicted molar refractivity (Wildman–Crippen MR) is 118 cm³/mol. The molecule has 0 unspecified atom stereocenters. The van der Waals surface area contributed by atoms with Gasteiger partial charge in [0.1, 0.15) is 17.4 Å². The zero-order valence-corrected chi connectivity index (χ0v) is 17.7. The summed E-state index contributed by atoms with van der Waals surface area (Å²) < 4.78 is 13.3. The SMILES string of the molecule is O=C(Cc1cc(-c2cccc(NCc3cncc(F)c3)n2)c(Cl)cn1)[C@@H]1CCCNC1. The van der Waals surface area contributed by atoms with Gasteiger partial charge in [-0.05, 0) is 49.2 Å². The van der Waals surface area contributed by atoms with Crippen LogP contribution in [0.25, 0.3) is 11.3 Å². The summed E-state index contributed by atoms with van der Waals surface area (Å²) in [7, 11) is 0. The number of nitrogens with one attached hydrogen (secondary N) is 2. The Balaban J connectivity index is 1.48. The summed E-state index contributed by atoms with van der Waals surface area (Å²) in [5, 5.41) is 6.91. The Kier molecular flexibility index (Phi) is 6.84. The van der Waals surface area contributed by atoms with Crippen molar-refractivity contribution in [1.29, 1.82) is 0 Å². The standard InChI is InChI=1S/C23H23ClFN5O/c24-20-14-28-18(9-22(31)16-3-2-6-26-12-16)8-19(20)21-4-1-5-23(30-21)29-11-15-7-17(25)13-27-10-15/h1,4-5,7-8,10,13-14,16,26H,2-3,6,9,11-12H2,(H,29,30)/t16-/m1/s1. The first-order valence-electron chi connectivity index (χ1n) is 10.3. The van der Waals surface area contributed by atoms with Crippen molar-refractivity contribution in [3.63, 3.8) is 0 Å². The van der Waals surface area contributed by atoms with Crippen LogP contribution in [0.5, 0.6) is 0 Å². The normalized spacial score (nSPS) is 16.1. The number of ketones is 1. The number of hydrogen-bond donors (Lipinski definition) is 2. The Morgan fingerprint density at radius 2 is 2.16 bits per heavy atom. The molecule has 0 spiro atoms. The van der Waals surface area contributed by atoms with Gasteiger partial charge in [0.15, 0.2) is 0 Å². The summed E-state index contributed by atoms with van der Waals surface area (Å²) in [4.78, 5) is 25.4.